The van der Waals surface area contributed by atoms with Crippen LogP contribution in [0.5, 0.6) is 0 Å². The van der Waals surface area contributed by atoms with Gasteiger partial charge in [0.05, 0.1) is 11.0 Å². The van der Waals surface area contributed by atoms with E-state index in [9.17, 15) is 4.79 Å². The molecule has 0 unspecified atom stereocenters. The lowest BCUT2D eigenvalue weighted by atomic mass is 10.0. The molecule has 5 heteroatoms. The summed E-state index contributed by atoms with van der Waals surface area (Å²) in [5.41, 5.74) is 4.12. The molecule has 1 aliphatic rings. The van der Waals surface area contributed by atoms with Gasteiger partial charge >= 0.3 is 6.09 Å². The highest BCUT2D eigenvalue weighted by Gasteiger charge is 2.18. The third-order valence-corrected chi connectivity index (χ3v) is 3.36. The van der Waals surface area contributed by atoms with Crippen LogP contribution in [0.15, 0.2) is 24.5 Å². The molecule has 0 saturated heterocycles. The Labute approximate surface area is 104 Å². The van der Waals surface area contributed by atoms with Gasteiger partial charge in [-0.15, -0.1) is 0 Å². The van der Waals surface area contributed by atoms with Crippen LogP contribution in [0.1, 0.15) is 11.1 Å². The van der Waals surface area contributed by atoms with E-state index in [-0.39, 0.29) is 0 Å². The van der Waals surface area contributed by atoms with Crippen LogP contribution in [0, 0.1) is 0 Å². The van der Waals surface area contributed by atoms with Gasteiger partial charge < -0.3 is 10.0 Å². The minimum atomic E-state index is -0.844. The van der Waals surface area contributed by atoms with Crippen LogP contribution in [0.3, 0.4) is 0 Å². The van der Waals surface area contributed by atoms with E-state index in [1.807, 2.05) is 12.1 Å². The minimum Gasteiger partial charge on any atom is -0.465 e. The SMILES string of the molecule is O=C(O)N1CCc2cc3nccnc3cc2CC1. The first-order chi connectivity index (χ1) is 8.74. The number of nitrogens with zero attached hydrogens (tertiary/aromatic N) is 3. The van der Waals surface area contributed by atoms with Gasteiger partial charge in [-0.3, -0.25) is 9.97 Å². The van der Waals surface area contributed by atoms with Crippen molar-refractivity contribution in [3.8, 4) is 0 Å². The van der Waals surface area contributed by atoms with Gasteiger partial charge in [0.2, 0.25) is 0 Å². The maximum Gasteiger partial charge on any atom is 0.407 e. The van der Waals surface area contributed by atoms with Crippen LogP contribution < -0.4 is 0 Å². The molecule has 0 fully saturated rings. The second-order valence-corrected chi connectivity index (χ2v) is 4.44. The number of aromatic nitrogens is 2. The van der Waals surface area contributed by atoms with Crippen LogP contribution in [-0.2, 0) is 12.8 Å². The third kappa shape index (κ3) is 1.88. The molecule has 0 aliphatic carbocycles. The lowest BCUT2D eigenvalue weighted by Gasteiger charge is -2.14. The number of carboxylic acid groups (broad SMARTS) is 1. The van der Waals surface area contributed by atoms with Crippen molar-refractivity contribution < 1.29 is 9.90 Å². The molecule has 5 nitrogen and oxygen atoms in total. The fraction of sp³-hybridized carbons (Fsp3) is 0.308. The number of hydrogen-bond acceptors (Lipinski definition) is 3. The maximum atomic E-state index is 11.0. The van der Waals surface area contributed by atoms with E-state index >= 15 is 0 Å². The lowest BCUT2D eigenvalue weighted by molar-refractivity contribution is 0.147. The first-order valence-electron chi connectivity index (χ1n) is 5.94. The van der Waals surface area contributed by atoms with Crippen molar-refractivity contribution in [2.45, 2.75) is 12.8 Å². The van der Waals surface area contributed by atoms with Gasteiger partial charge in [0.1, 0.15) is 0 Å². The topological polar surface area (TPSA) is 66.3 Å². The van der Waals surface area contributed by atoms with Crippen molar-refractivity contribution in [2.24, 2.45) is 0 Å². The summed E-state index contributed by atoms with van der Waals surface area (Å²) in [6.45, 7) is 1.10. The molecular weight excluding hydrogens is 230 g/mol. The Bertz CT molecular complexity index is 566. The van der Waals surface area contributed by atoms with E-state index in [1.54, 1.807) is 12.4 Å². The maximum absolute atomic E-state index is 11.0. The fourth-order valence-electron chi connectivity index (χ4n) is 2.38. The molecule has 2 heterocycles. The summed E-state index contributed by atoms with van der Waals surface area (Å²) in [7, 11) is 0. The largest absolute Gasteiger partial charge is 0.465 e. The molecule has 0 atom stereocenters. The second kappa shape index (κ2) is 4.25. The quantitative estimate of drug-likeness (QED) is 0.765. The smallest absolute Gasteiger partial charge is 0.407 e. The van der Waals surface area contributed by atoms with Gasteiger partial charge in [-0.2, -0.15) is 0 Å². The summed E-state index contributed by atoms with van der Waals surface area (Å²) in [6.07, 6.45) is 4.00. The number of amides is 1. The van der Waals surface area contributed by atoms with Crippen LogP contribution in [-0.4, -0.2) is 39.2 Å². The van der Waals surface area contributed by atoms with Crippen LogP contribution in [0.4, 0.5) is 4.79 Å². The van der Waals surface area contributed by atoms with Gasteiger partial charge in [0, 0.05) is 25.5 Å². The third-order valence-electron chi connectivity index (χ3n) is 3.36. The molecule has 18 heavy (non-hydrogen) atoms. The van der Waals surface area contributed by atoms with Gasteiger partial charge in [0.25, 0.3) is 0 Å². The van der Waals surface area contributed by atoms with E-state index < -0.39 is 6.09 Å². The van der Waals surface area contributed by atoms with Crippen LogP contribution in [0.2, 0.25) is 0 Å². The normalized spacial score (nSPS) is 15.2. The Balaban J connectivity index is 2.01. The number of rotatable bonds is 0. The molecule has 0 spiro atoms. The highest BCUT2D eigenvalue weighted by molar-refractivity contribution is 5.76. The highest BCUT2D eigenvalue weighted by Crippen LogP contribution is 2.21. The Morgan fingerprint density at radius 1 is 1.06 bits per heavy atom. The molecule has 3 rings (SSSR count). The summed E-state index contributed by atoms with van der Waals surface area (Å²) >= 11 is 0. The van der Waals surface area contributed by atoms with Gasteiger partial charge in [0.15, 0.2) is 0 Å². The first-order valence-corrected chi connectivity index (χ1v) is 5.94. The van der Waals surface area contributed by atoms with Gasteiger partial charge in [-0.25, -0.2) is 4.79 Å². The molecule has 1 aromatic carbocycles. The lowest BCUT2D eigenvalue weighted by Crippen LogP contribution is -2.31. The molecule has 1 aromatic heterocycles. The van der Waals surface area contributed by atoms with Crippen molar-refractivity contribution in [1.82, 2.24) is 14.9 Å². The molecule has 0 radical (unpaired) electrons. The van der Waals surface area contributed by atoms with E-state index in [0.29, 0.717) is 13.1 Å². The number of carbonyl (C=O) groups is 1. The van der Waals surface area contributed by atoms with Crippen molar-refractivity contribution in [2.75, 3.05) is 13.1 Å². The number of benzene rings is 1. The van der Waals surface area contributed by atoms with E-state index in [0.717, 1.165) is 23.9 Å². The predicted molar refractivity (Wildman–Crippen MR) is 66.5 cm³/mol. The second-order valence-electron chi connectivity index (χ2n) is 4.44. The van der Waals surface area contributed by atoms with Crippen LogP contribution in [0.25, 0.3) is 11.0 Å². The molecule has 1 N–H and O–H groups in total. The standard InChI is InChI=1S/C13H13N3O2/c17-13(18)16-5-1-9-7-11-12(15-4-3-14-11)8-10(9)2-6-16/h3-4,7-8H,1-2,5-6H2,(H,17,18). The average Bonchev–Trinajstić information content (AvgIpc) is 2.58. The molecule has 92 valence electrons. The average molecular weight is 243 g/mol. The van der Waals surface area contributed by atoms with E-state index in [4.69, 9.17) is 5.11 Å². The molecule has 0 saturated carbocycles. The van der Waals surface area contributed by atoms with Crippen molar-refractivity contribution in [3.63, 3.8) is 0 Å². The zero-order chi connectivity index (χ0) is 12.5. The molecule has 0 bridgehead atoms. The zero-order valence-corrected chi connectivity index (χ0v) is 9.83. The van der Waals surface area contributed by atoms with Crippen molar-refractivity contribution >= 4 is 17.1 Å². The molecular formula is C13H13N3O2. The summed E-state index contributed by atoms with van der Waals surface area (Å²) in [5.74, 6) is 0. The monoisotopic (exact) mass is 243 g/mol. The zero-order valence-electron chi connectivity index (χ0n) is 9.83. The van der Waals surface area contributed by atoms with Gasteiger partial charge in [-0.1, -0.05) is 0 Å². The first kappa shape index (κ1) is 11.0. The fourth-order valence-corrected chi connectivity index (χ4v) is 2.38. The highest BCUT2D eigenvalue weighted by atomic mass is 16.4. The Morgan fingerprint density at radius 2 is 1.56 bits per heavy atom. The summed E-state index contributed by atoms with van der Waals surface area (Å²) < 4.78 is 0. The Morgan fingerprint density at radius 3 is 2.00 bits per heavy atom. The van der Waals surface area contributed by atoms with Crippen LogP contribution >= 0.6 is 0 Å². The number of fused-ring (bicyclic) bond motifs is 2. The summed E-state index contributed by atoms with van der Waals surface area (Å²) in [4.78, 5) is 21.0. The van der Waals surface area contributed by atoms with E-state index in [2.05, 4.69) is 9.97 Å². The molecule has 1 amide bonds. The summed E-state index contributed by atoms with van der Waals surface area (Å²) in [5, 5.41) is 9.03. The Hall–Kier alpha value is -2.17. The van der Waals surface area contributed by atoms with Crippen molar-refractivity contribution in [3.05, 3.63) is 35.7 Å². The minimum absolute atomic E-state index is 0.550. The number of hydrogen-bond donors (Lipinski definition) is 1. The predicted octanol–water partition coefficient (Wildman–Crippen LogP) is 1.71. The van der Waals surface area contributed by atoms with E-state index in [1.165, 1.54) is 16.0 Å². The van der Waals surface area contributed by atoms with Gasteiger partial charge in [-0.05, 0) is 36.1 Å². The Kier molecular flexibility index (Phi) is 2.59. The summed E-state index contributed by atoms with van der Waals surface area (Å²) in [6, 6.07) is 4.06. The molecule has 1 aliphatic heterocycles. The molecule has 2 aromatic rings. The van der Waals surface area contributed by atoms with Crippen molar-refractivity contribution in [1.29, 1.82) is 0 Å².